The van der Waals surface area contributed by atoms with Gasteiger partial charge < -0.3 is 9.73 Å². The van der Waals surface area contributed by atoms with Gasteiger partial charge in [0, 0.05) is 17.1 Å². The van der Waals surface area contributed by atoms with Gasteiger partial charge in [0.25, 0.3) is 5.91 Å². The highest BCUT2D eigenvalue weighted by Gasteiger charge is 2.13. The van der Waals surface area contributed by atoms with Crippen LogP contribution in [0.4, 0.5) is 10.1 Å². The Kier molecular flexibility index (Phi) is 5.74. The highest BCUT2D eigenvalue weighted by Crippen LogP contribution is 2.22. The van der Waals surface area contributed by atoms with Gasteiger partial charge >= 0.3 is 0 Å². The SMILES string of the molecule is O=C(NC(=S)Nc1ccc2oc(Cc3ccc(Cl)cc3)nc2c1)c1ccccc1F. The van der Waals surface area contributed by atoms with E-state index in [0.29, 0.717) is 34.1 Å². The Morgan fingerprint density at radius 3 is 2.63 bits per heavy atom. The summed E-state index contributed by atoms with van der Waals surface area (Å²) < 4.78 is 19.5. The molecule has 0 aliphatic heterocycles. The van der Waals surface area contributed by atoms with Crippen molar-refractivity contribution in [1.29, 1.82) is 0 Å². The van der Waals surface area contributed by atoms with E-state index in [1.165, 1.54) is 18.2 Å². The molecule has 0 unspecified atom stereocenters. The molecule has 4 rings (SSSR count). The summed E-state index contributed by atoms with van der Waals surface area (Å²) >= 11 is 11.1. The Bertz CT molecular complexity index is 1240. The summed E-state index contributed by atoms with van der Waals surface area (Å²) in [7, 11) is 0. The minimum Gasteiger partial charge on any atom is -0.440 e. The first-order chi connectivity index (χ1) is 14.5. The van der Waals surface area contributed by atoms with Crippen molar-refractivity contribution in [2.45, 2.75) is 6.42 Å². The number of amides is 1. The molecule has 1 aromatic heterocycles. The molecule has 30 heavy (non-hydrogen) atoms. The monoisotopic (exact) mass is 439 g/mol. The molecule has 0 radical (unpaired) electrons. The second-order valence-corrected chi connectivity index (χ2v) is 7.33. The highest BCUT2D eigenvalue weighted by molar-refractivity contribution is 7.80. The summed E-state index contributed by atoms with van der Waals surface area (Å²) in [5.41, 5.74) is 2.84. The molecule has 0 aliphatic rings. The van der Waals surface area contributed by atoms with Crippen LogP contribution in [0, 0.1) is 5.82 Å². The van der Waals surface area contributed by atoms with Crippen molar-refractivity contribution in [3.05, 3.63) is 94.6 Å². The van der Waals surface area contributed by atoms with Crippen molar-refractivity contribution in [3.8, 4) is 0 Å². The molecule has 0 atom stereocenters. The summed E-state index contributed by atoms with van der Waals surface area (Å²) in [6, 6.07) is 18.4. The predicted octanol–water partition coefficient (Wildman–Crippen LogP) is 5.34. The number of carbonyl (C=O) groups excluding carboxylic acids is 1. The van der Waals surface area contributed by atoms with Gasteiger partial charge in [0.1, 0.15) is 11.3 Å². The molecule has 3 aromatic carbocycles. The minimum absolute atomic E-state index is 0.0486. The van der Waals surface area contributed by atoms with Crippen molar-refractivity contribution >= 4 is 51.6 Å². The number of nitrogens with one attached hydrogen (secondary N) is 2. The molecular formula is C22H15ClFN3O2S. The van der Waals surface area contributed by atoms with E-state index in [2.05, 4.69) is 15.6 Å². The smallest absolute Gasteiger partial charge is 0.260 e. The maximum absolute atomic E-state index is 13.7. The highest BCUT2D eigenvalue weighted by atomic mass is 35.5. The number of nitrogens with zero attached hydrogens (tertiary/aromatic N) is 1. The van der Waals surface area contributed by atoms with E-state index in [4.69, 9.17) is 28.2 Å². The van der Waals surface area contributed by atoms with Crippen molar-refractivity contribution in [2.24, 2.45) is 0 Å². The van der Waals surface area contributed by atoms with Crippen LogP contribution in [0.2, 0.25) is 5.02 Å². The zero-order valence-electron chi connectivity index (χ0n) is 15.5. The van der Waals surface area contributed by atoms with Gasteiger partial charge in [-0.15, -0.1) is 0 Å². The number of rotatable bonds is 4. The van der Waals surface area contributed by atoms with Crippen LogP contribution in [0.25, 0.3) is 11.1 Å². The maximum Gasteiger partial charge on any atom is 0.260 e. The van der Waals surface area contributed by atoms with Gasteiger partial charge in [0.05, 0.1) is 5.56 Å². The fourth-order valence-corrected chi connectivity index (χ4v) is 3.22. The average molecular weight is 440 g/mol. The molecule has 0 bridgehead atoms. The number of aromatic nitrogens is 1. The largest absolute Gasteiger partial charge is 0.440 e. The van der Waals surface area contributed by atoms with Gasteiger partial charge in [-0.3, -0.25) is 10.1 Å². The number of halogens is 2. The van der Waals surface area contributed by atoms with Crippen LogP contribution in [0.5, 0.6) is 0 Å². The Morgan fingerprint density at radius 1 is 1.10 bits per heavy atom. The van der Waals surface area contributed by atoms with Crippen LogP contribution in [0.1, 0.15) is 21.8 Å². The maximum atomic E-state index is 13.7. The van der Waals surface area contributed by atoms with Crippen molar-refractivity contribution in [3.63, 3.8) is 0 Å². The first kappa shape index (κ1) is 20.0. The Balaban J connectivity index is 1.44. The summed E-state index contributed by atoms with van der Waals surface area (Å²) in [4.78, 5) is 16.7. The van der Waals surface area contributed by atoms with E-state index < -0.39 is 11.7 Å². The summed E-state index contributed by atoms with van der Waals surface area (Å²) in [6.45, 7) is 0. The average Bonchev–Trinajstić information content (AvgIpc) is 3.11. The number of benzene rings is 3. The third-order valence-corrected chi connectivity index (χ3v) is 4.76. The molecule has 0 fully saturated rings. The second-order valence-electron chi connectivity index (χ2n) is 6.48. The van der Waals surface area contributed by atoms with Gasteiger partial charge in [-0.05, 0) is 60.2 Å². The lowest BCUT2D eigenvalue weighted by Gasteiger charge is -2.09. The van der Waals surface area contributed by atoms with Gasteiger partial charge in [0.15, 0.2) is 16.6 Å². The van der Waals surface area contributed by atoms with Crippen LogP contribution in [0.3, 0.4) is 0 Å². The third-order valence-electron chi connectivity index (χ3n) is 4.30. The lowest BCUT2D eigenvalue weighted by atomic mass is 10.1. The van der Waals surface area contributed by atoms with Crippen molar-refractivity contribution in [1.82, 2.24) is 10.3 Å². The molecule has 1 heterocycles. The molecule has 2 N–H and O–H groups in total. The fraction of sp³-hybridized carbons (Fsp3) is 0.0455. The normalized spacial score (nSPS) is 10.7. The molecule has 8 heteroatoms. The third kappa shape index (κ3) is 4.64. The number of hydrogen-bond donors (Lipinski definition) is 2. The Hall–Kier alpha value is -3.29. The zero-order valence-corrected chi connectivity index (χ0v) is 17.1. The first-order valence-corrected chi connectivity index (χ1v) is 9.77. The number of oxazole rings is 1. The summed E-state index contributed by atoms with van der Waals surface area (Å²) in [6.07, 6.45) is 0.533. The summed E-state index contributed by atoms with van der Waals surface area (Å²) in [5.74, 6) is -0.673. The predicted molar refractivity (Wildman–Crippen MR) is 118 cm³/mol. The van der Waals surface area contributed by atoms with Gasteiger partial charge in [-0.1, -0.05) is 35.9 Å². The number of thiocarbonyl (C=S) groups is 1. The van der Waals surface area contributed by atoms with Crippen LogP contribution >= 0.6 is 23.8 Å². The van der Waals surface area contributed by atoms with Crippen molar-refractivity contribution < 1.29 is 13.6 Å². The topological polar surface area (TPSA) is 67.2 Å². The molecule has 150 valence electrons. The van der Waals surface area contributed by atoms with Crippen LogP contribution in [-0.4, -0.2) is 16.0 Å². The Morgan fingerprint density at radius 2 is 1.87 bits per heavy atom. The standard InChI is InChI=1S/C22H15ClFN3O2S/c23-14-7-5-13(6-8-14)11-20-26-18-12-15(9-10-19(18)29-20)25-22(30)27-21(28)16-3-1-2-4-17(16)24/h1-10,12H,11H2,(H2,25,27,28,30). The molecule has 1 amide bonds. The lowest BCUT2D eigenvalue weighted by Crippen LogP contribution is -2.34. The molecular weight excluding hydrogens is 425 g/mol. The first-order valence-electron chi connectivity index (χ1n) is 8.99. The number of carbonyl (C=O) groups is 1. The van der Waals surface area contributed by atoms with E-state index in [-0.39, 0.29) is 10.7 Å². The number of fused-ring (bicyclic) bond motifs is 1. The van der Waals surface area contributed by atoms with Crippen LogP contribution in [-0.2, 0) is 6.42 Å². The molecule has 0 saturated carbocycles. The van der Waals surface area contributed by atoms with Gasteiger partial charge in [-0.2, -0.15) is 0 Å². The van der Waals surface area contributed by atoms with E-state index in [9.17, 15) is 9.18 Å². The molecule has 0 saturated heterocycles. The Labute approximate surface area is 181 Å². The lowest BCUT2D eigenvalue weighted by molar-refractivity contribution is 0.0974. The van der Waals surface area contributed by atoms with Gasteiger partial charge in [-0.25, -0.2) is 9.37 Å². The van der Waals surface area contributed by atoms with E-state index >= 15 is 0 Å². The van der Waals surface area contributed by atoms with Gasteiger partial charge in [0.2, 0.25) is 0 Å². The van der Waals surface area contributed by atoms with E-state index in [1.807, 2.05) is 24.3 Å². The van der Waals surface area contributed by atoms with Crippen LogP contribution in [0.15, 0.2) is 71.1 Å². The van der Waals surface area contributed by atoms with Crippen molar-refractivity contribution in [2.75, 3.05) is 5.32 Å². The number of hydrogen-bond acceptors (Lipinski definition) is 4. The van der Waals surface area contributed by atoms with E-state index in [1.54, 1.807) is 24.3 Å². The molecule has 0 aliphatic carbocycles. The number of anilines is 1. The molecule has 5 nitrogen and oxygen atoms in total. The quantitative estimate of drug-likeness (QED) is 0.420. The van der Waals surface area contributed by atoms with Crippen LogP contribution < -0.4 is 10.6 Å². The molecule has 0 spiro atoms. The summed E-state index contributed by atoms with van der Waals surface area (Å²) in [5, 5.41) is 6.08. The van der Waals surface area contributed by atoms with E-state index in [0.717, 1.165) is 5.56 Å². The molecule has 4 aromatic rings. The second kappa shape index (κ2) is 8.61. The minimum atomic E-state index is -0.627. The fourth-order valence-electron chi connectivity index (χ4n) is 2.88. The zero-order chi connectivity index (χ0) is 21.1.